The van der Waals surface area contributed by atoms with Crippen molar-refractivity contribution < 1.29 is 28.9 Å². The fraction of sp³-hybridized carbons (Fsp3) is 0.300. The number of fused-ring (bicyclic) bond motifs is 1. The summed E-state index contributed by atoms with van der Waals surface area (Å²) in [6.45, 7) is 0.327. The van der Waals surface area contributed by atoms with Gasteiger partial charge in [-0.3, -0.25) is 9.59 Å². The first-order valence-electron chi connectivity index (χ1n) is 9.74. The minimum Gasteiger partial charge on any atom is -0.543 e. The number of pyridine rings is 1. The molecule has 0 saturated carbocycles. The van der Waals surface area contributed by atoms with E-state index < -0.39 is 29.9 Å². The summed E-state index contributed by atoms with van der Waals surface area (Å²) in [5.41, 5.74) is 6.18. The number of amides is 2. The van der Waals surface area contributed by atoms with Crippen molar-refractivity contribution in [3.05, 3.63) is 52.9 Å². The molecule has 0 radical (unpaired) electrons. The maximum Gasteiger partial charge on any atom is 0.276 e. The quantitative estimate of drug-likeness (QED) is 0.224. The summed E-state index contributed by atoms with van der Waals surface area (Å²) in [7, 11) is 1.28. The Labute approximate surface area is 186 Å². The lowest BCUT2D eigenvalue weighted by atomic mass is 9.83. The molecule has 1 fully saturated rings. The van der Waals surface area contributed by atoms with E-state index in [2.05, 4.69) is 15.5 Å². The molecule has 0 spiro atoms. The number of hydrogen-bond acceptors (Lipinski definition) is 9. The molecule has 12 heteroatoms. The fourth-order valence-electron chi connectivity index (χ4n) is 3.94. The Morgan fingerprint density at radius 3 is 2.78 bits per heavy atom. The van der Waals surface area contributed by atoms with Gasteiger partial charge in [-0.15, -0.1) is 11.3 Å². The topological polar surface area (TPSA) is 154 Å². The molecule has 4 rings (SSSR count). The van der Waals surface area contributed by atoms with Crippen molar-refractivity contribution in [2.75, 3.05) is 12.8 Å². The van der Waals surface area contributed by atoms with Crippen LogP contribution in [0.5, 0.6) is 0 Å². The molecule has 0 unspecified atom stereocenters. The first kappa shape index (κ1) is 21.4. The zero-order chi connectivity index (χ0) is 22.8. The van der Waals surface area contributed by atoms with Crippen LogP contribution in [0.25, 0.3) is 0 Å². The first-order chi connectivity index (χ1) is 15.4. The third-order valence-corrected chi connectivity index (χ3v) is 6.00. The number of nitrogens with one attached hydrogen (secondary N) is 1. The lowest BCUT2D eigenvalue weighted by Gasteiger charge is -2.51. The number of nitrogen functional groups attached to an aromatic ring is 1. The van der Waals surface area contributed by atoms with Crippen LogP contribution in [-0.2, 0) is 25.8 Å². The number of nitrogens with zero attached hydrogens (tertiary/aromatic N) is 4. The van der Waals surface area contributed by atoms with Crippen molar-refractivity contribution in [2.24, 2.45) is 5.16 Å². The van der Waals surface area contributed by atoms with E-state index in [0.717, 1.165) is 11.3 Å². The van der Waals surface area contributed by atoms with Crippen molar-refractivity contribution >= 4 is 40.0 Å². The number of carbonyl (C=O) groups excluding carboxylic acids is 3. The number of aromatic nitrogens is 2. The summed E-state index contributed by atoms with van der Waals surface area (Å²) in [4.78, 5) is 47.5. The summed E-state index contributed by atoms with van der Waals surface area (Å²) >= 11 is 1.13. The molecule has 2 atom stereocenters. The number of nitrogens with two attached hydrogens (primary N) is 1. The van der Waals surface area contributed by atoms with Gasteiger partial charge in [0.1, 0.15) is 18.8 Å². The minimum atomic E-state index is -1.42. The molecule has 0 bridgehead atoms. The molecule has 2 aromatic rings. The molecule has 2 aliphatic rings. The van der Waals surface area contributed by atoms with E-state index in [1.807, 2.05) is 35.2 Å². The van der Waals surface area contributed by atoms with Crippen LogP contribution >= 0.6 is 11.3 Å². The van der Waals surface area contributed by atoms with E-state index in [9.17, 15) is 19.5 Å². The van der Waals surface area contributed by atoms with E-state index in [4.69, 9.17) is 10.6 Å². The minimum absolute atomic E-state index is 0.126. The van der Waals surface area contributed by atoms with Gasteiger partial charge in [0, 0.05) is 23.1 Å². The third kappa shape index (κ3) is 3.91. The predicted molar refractivity (Wildman–Crippen MR) is 111 cm³/mol. The Bertz CT molecular complexity index is 1130. The molecule has 0 aromatic carbocycles. The molecule has 2 amide bonds. The Morgan fingerprint density at radius 1 is 1.41 bits per heavy atom. The number of thiazole rings is 1. The van der Waals surface area contributed by atoms with Gasteiger partial charge in [-0.25, -0.2) is 9.55 Å². The van der Waals surface area contributed by atoms with E-state index in [-0.39, 0.29) is 22.2 Å². The van der Waals surface area contributed by atoms with Gasteiger partial charge in [0.15, 0.2) is 29.8 Å². The summed E-state index contributed by atoms with van der Waals surface area (Å²) in [6.07, 6.45) is 4.58. The number of carbonyl (C=O) groups is 3. The number of β-lactam (4-membered cyclic amide) rings is 1. The average molecular weight is 456 g/mol. The van der Waals surface area contributed by atoms with Gasteiger partial charge in [-0.2, -0.15) is 0 Å². The number of carboxylic acid groups (broad SMARTS) is 1. The molecule has 2 aromatic heterocycles. The van der Waals surface area contributed by atoms with Crippen molar-refractivity contribution in [3.8, 4) is 0 Å². The molecule has 4 heterocycles. The number of carboxylic acids is 1. The van der Waals surface area contributed by atoms with Gasteiger partial charge in [0.05, 0.1) is 17.7 Å². The van der Waals surface area contributed by atoms with Gasteiger partial charge in [0.25, 0.3) is 11.8 Å². The van der Waals surface area contributed by atoms with Crippen LogP contribution in [0.15, 0.2) is 52.4 Å². The number of hydrogen-bond donors (Lipinski definition) is 2. The zero-order valence-electron chi connectivity index (χ0n) is 17.1. The van der Waals surface area contributed by atoms with Crippen molar-refractivity contribution in [2.45, 2.75) is 31.5 Å². The number of oxime groups is 1. The van der Waals surface area contributed by atoms with Crippen LogP contribution in [0.1, 0.15) is 18.5 Å². The van der Waals surface area contributed by atoms with Crippen LogP contribution < -0.4 is 20.7 Å². The largest absolute Gasteiger partial charge is 0.543 e. The molecular formula is C20H20N6O5S. The second-order valence-corrected chi connectivity index (χ2v) is 8.14. The van der Waals surface area contributed by atoms with Crippen LogP contribution in [-0.4, -0.2) is 52.6 Å². The highest BCUT2D eigenvalue weighted by Crippen LogP contribution is 2.36. The Kier molecular flexibility index (Phi) is 5.86. The number of allylic oxidation sites excluding steroid dienone is 1. The molecule has 2 aliphatic heterocycles. The van der Waals surface area contributed by atoms with E-state index >= 15 is 0 Å². The van der Waals surface area contributed by atoms with Gasteiger partial charge in [-0.05, 0) is 12.8 Å². The zero-order valence-corrected chi connectivity index (χ0v) is 17.9. The van der Waals surface area contributed by atoms with Crippen LogP contribution in [0.2, 0.25) is 0 Å². The molecular weight excluding hydrogens is 436 g/mol. The molecule has 11 nitrogen and oxygen atoms in total. The molecule has 3 N–H and O–H groups in total. The van der Waals surface area contributed by atoms with Crippen molar-refractivity contribution in [1.82, 2.24) is 15.2 Å². The number of aliphatic carboxylic acids is 1. The highest BCUT2D eigenvalue weighted by atomic mass is 32.1. The SMILES string of the molecule is CO/N=C(\C(=O)N[C@@H]1C(=O)N2C(C(=O)[O-])=C(C[n+]3ccccc3)CC[C@H]12)c1csc(N)n1. The summed E-state index contributed by atoms with van der Waals surface area (Å²) in [5.74, 6) is -2.61. The fourth-order valence-corrected chi connectivity index (χ4v) is 4.49. The smallest absolute Gasteiger partial charge is 0.276 e. The van der Waals surface area contributed by atoms with Crippen molar-refractivity contribution in [3.63, 3.8) is 0 Å². The summed E-state index contributed by atoms with van der Waals surface area (Å²) in [5, 5.41) is 20.0. The van der Waals surface area contributed by atoms with Gasteiger partial charge in [0.2, 0.25) is 0 Å². The van der Waals surface area contributed by atoms with Gasteiger partial charge < -0.3 is 30.7 Å². The third-order valence-electron chi connectivity index (χ3n) is 5.33. The maximum atomic E-state index is 12.8. The maximum absolute atomic E-state index is 12.8. The monoisotopic (exact) mass is 456 g/mol. The summed E-state index contributed by atoms with van der Waals surface area (Å²) in [6, 6.07) is 4.14. The van der Waals surface area contributed by atoms with E-state index in [1.54, 1.807) is 5.38 Å². The van der Waals surface area contributed by atoms with Crippen LogP contribution in [0, 0.1) is 0 Å². The normalized spacial score (nSPS) is 20.5. The van der Waals surface area contributed by atoms with Crippen LogP contribution in [0.3, 0.4) is 0 Å². The Balaban J connectivity index is 1.53. The molecule has 166 valence electrons. The average Bonchev–Trinajstić information content (AvgIpc) is 3.21. The molecule has 32 heavy (non-hydrogen) atoms. The lowest BCUT2D eigenvalue weighted by molar-refractivity contribution is -0.689. The highest BCUT2D eigenvalue weighted by molar-refractivity contribution is 7.13. The van der Waals surface area contributed by atoms with Gasteiger partial charge >= 0.3 is 0 Å². The standard InChI is InChI=1S/C20H20N6O5S/c1-31-24-14(12-10-32-20(21)22-12)17(27)23-15-13-6-5-11(9-25-7-3-2-4-8-25)16(19(29)30)26(13)18(15)28/h2-4,7-8,10,13,15H,5-6,9H2,1H3,(H3-,21,22,23,27,29,30)/b24-14-/t13-,15+/m1/s1. The second kappa shape index (κ2) is 8.75. The summed E-state index contributed by atoms with van der Waals surface area (Å²) < 4.78 is 1.83. The molecule has 0 aliphatic carbocycles. The van der Waals surface area contributed by atoms with Crippen LogP contribution in [0.4, 0.5) is 5.13 Å². The first-order valence-corrected chi connectivity index (χ1v) is 10.6. The van der Waals surface area contributed by atoms with Gasteiger partial charge in [-0.1, -0.05) is 11.2 Å². The highest BCUT2D eigenvalue weighted by Gasteiger charge is 2.52. The van der Waals surface area contributed by atoms with E-state index in [0.29, 0.717) is 25.0 Å². The number of anilines is 1. The lowest BCUT2D eigenvalue weighted by Crippen LogP contribution is -2.72. The predicted octanol–water partition coefficient (Wildman–Crippen LogP) is -1.44. The number of rotatable bonds is 7. The van der Waals surface area contributed by atoms with Crippen molar-refractivity contribution in [1.29, 1.82) is 0 Å². The Hall–Kier alpha value is -3.80. The second-order valence-electron chi connectivity index (χ2n) is 7.25. The molecule has 1 saturated heterocycles. The van der Waals surface area contributed by atoms with E-state index in [1.165, 1.54) is 12.0 Å². The Morgan fingerprint density at radius 2 is 2.16 bits per heavy atom.